The highest BCUT2D eigenvalue weighted by Crippen LogP contribution is 2.37. The molecule has 1 unspecified atom stereocenters. The Kier molecular flexibility index (Phi) is 8.43. The molecule has 214 valence electrons. The van der Waals surface area contributed by atoms with E-state index in [1.165, 1.54) is 16.5 Å². The average molecular weight is 553 g/mol. The first-order valence-electron chi connectivity index (χ1n) is 14.4. The smallest absolute Gasteiger partial charge is 0.320 e. The molecule has 1 atom stereocenters. The van der Waals surface area contributed by atoms with Gasteiger partial charge in [0.1, 0.15) is 5.82 Å². The Balaban J connectivity index is 1.22. The van der Waals surface area contributed by atoms with Gasteiger partial charge >= 0.3 is 12.6 Å². The molecule has 8 heteroatoms. The minimum absolute atomic E-state index is 0.00819. The third kappa shape index (κ3) is 5.58. The van der Waals surface area contributed by atoms with Crippen LogP contribution in [0.5, 0.6) is 0 Å². The molecule has 2 saturated heterocycles. The van der Waals surface area contributed by atoms with Crippen molar-refractivity contribution in [3.8, 4) is 0 Å². The van der Waals surface area contributed by atoms with Gasteiger partial charge in [-0.05, 0) is 74.8 Å². The number of halogens is 3. The number of nitrogens with zero attached hydrogens (tertiary/aromatic N) is 4. The molecular formula is C32H39F3N4O. The van der Waals surface area contributed by atoms with Crippen molar-refractivity contribution < 1.29 is 18.0 Å². The first kappa shape index (κ1) is 28.1. The van der Waals surface area contributed by atoms with Crippen LogP contribution >= 0.6 is 0 Å². The largest absolute Gasteiger partial charge is 0.341 e. The highest BCUT2D eigenvalue weighted by Gasteiger charge is 2.36. The van der Waals surface area contributed by atoms with Crippen LogP contribution in [0.3, 0.4) is 0 Å². The second-order valence-corrected chi connectivity index (χ2v) is 11.1. The van der Waals surface area contributed by atoms with Gasteiger partial charge in [-0.15, -0.1) is 0 Å². The van der Waals surface area contributed by atoms with Crippen molar-refractivity contribution in [2.45, 2.75) is 59.0 Å². The second kappa shape index (κ2) is 12.0. The van der Waals surface area contributed by atoms with Crippen LogP contribution in [0.25, 0.3) is 5.70 Å². The van der Waals surface area contributed by atoms with Crippen molar-refractivity contribution >= 4 is 17.4 Å². The lowest BCUT2D eigenvalue weighted by Crippen LogP contribution is -2.54. The van der Waals surface area contributed by atoms with Crippen molar-refractivity contribution in [2.75, 3.05) is 37.6 Å². The molecule has 0 bridgehead atoms. The van der Waals surface area contributed by atoms with Crippen LogP contribution in [-0.4, -0.2) is 66.0 Å². The topological polar surface area (TPSA) is 30.0 Å². The summed E-state index contributed by atoms with van der Waals surface area (Å²) in [6, 6.07) is 13.7. The molecule has 0 radical (unpaired) electrons. The highest BCUT2D eigenvalue weighted by atomic mass is 19.3. The monoisotopic (exact) mass is 552 g/mol. The molecule has 0 aromatic heterocycles. The molecular weight excluding hydrogens is 513 g/mol. The maximum absolute atomic E-state index is 14.2. The lowest BCUT2D eigenvalue weighted by Gasteiger charge is -2.45. The van der Waals surface area contributed by atoms with Crippen LogP contribution in [0.15, 0.2) is 65.9 Å². The fourth-order valence-electron chi connectivity index (χ4n) is 6.51. The lowest BCUT2D eigenvalue weighted by atomic mass is 9.89. The molecule has 3 aliphatic rings. The van der Waals surface area contributed by atoms with Crippen LogP contribution in [0.4, 0.5) is 23.7 Å². The number of piperazine rings is 1. The van der Waals surface area contributed by atoms with E-state index in [2.05, 4.69) is 17.9 Å². The Morgan fingerprint density at radius 1 is 1.02 bits per heavy atom. The predicted octanol–water partition coefficient (Wildman–Crippen LogP) is 7.11. The van der Waals surface area contributed by atoms with Crippen LogP contribution < -0.4 is 4.90 Å². The maximum atomic E-state index is 14.2. The normalized spacial score (nSPS) is 19.1. The molecule has 2 fully saturated rings. The average Bonchev–Trinajstić information content (AvgIpc) is 2.96. The Morgan fingerprint density at radius 3 is 2.45 bits per heavy atom. The van der Waals surface area contributed by atoms with Gasteiger partial charge in [-0.3, -0.25) is 0 Å². The number of para-hydroxylation sites is 1. The number of alkyl halides is 2. The molecule has 0 aliphatic carbocycles. The van der Waals surface area contributed by atoms with Gasteiger partial charge in [-0.25, -0.2) is 9.18 Å². The SMILES string of the molecule is CCC1=C(c2cccc(F)c2)N2CCN(C(=O)N3CCC(C(C)N(c4ccccc4C)C(F)F)CC3)CC2=CC1. The molecule has 5 nitrogen and oxygen atoms in total. The van der Waals surface area contributed by atoms with Crippen LogP contribution in [0.1, 0.15) is 50.7 Å². The van der Waals surface area contributed by atoms with Gasteiger partial charge in [0.05, 0.1) is 6.54 Å². The van der Waals surface area contributed by atoms with E-state index in [4.69, 9.17) is 0 Å². The molecule has 40 heavy (non-hydrogen) atoms. The number of anilines is 1. The van der Waals surface area contributed by atoms with E-state index in [0.717, 1.165) is 35.4 Å². The van der Waals surface area contributed by atoms with E-state index in [9.17, 15) is 18.0 Å². The van der Waals surface area contributed by atoms with Gasteiger partial charge < -0.3 is 19.6 Å². The minimum Gasteiger partial charge on any atom is -0.341 e. The third-order valence-corrected chi connectivity index (χ3v) is 8.81. The van der Waals surface area contributed by atoms with E-state index in [1.54, 1.807) is 24.3 Å². The van der Waals surface area contributed by atoms with Gasteiger partial charge in [-0.1, -0.05) is 43.3 Å². The second-order valence-electron chi connectivity index (χ2n) is 11.1. The molecule has 2 aromatic rings. The van der Waals surface area contributed by atoms with Crippen molar-refractivity contribution in [1.82, 2.24) is 14.7 Å². The number of allylic oxidation sites excluding steroid dienone is 2. The molecule has 2 amide bonds. The number of hydrogen-bond donors (Lipinski definition) is 0. The van der Waals surface area contributed by atoms with Gasteiger partial charge in [0.15, 0.2) is 0 Å². The van der Waals surface area contributed by atoms with Crippen molar-refractivity contribution in [3.05, 3.63) is 82.8 Å². The Labute approximate surface area is 235 Å². The predicted molar refractivity (Wildman–Crippen MR) is 153 cm³/mol. The Hall–Kier alpha value is -3.42. The number of fused-ring (bicyclic) bond motifs is 1. The van der Waals surface area contributed by atoms with Crippen LogP contribution in [0.2, 0.25) is 0 Å². The standard InChI is InChI=1S/C32H39F3N4O/c1-4-24-12-13-28-21-37(18-19-38(28)30(24)26-9-7-10-27(33)20-26)32(40)36-16-14-25(15-17-36)23(3)39(31(34)35)29-11-6-5-8-22(29)2/h5-11,13,20,23,25,31H,4,12,14-19,21H2,1-3H3. The maximum Gasteiger partial charge on any atom is 0.320 e. The molecule has 3 aliphatic heterocycles. The van der Waals surface area contributed by atoms with Crippen LogP contribution in [0, 0.1) is 18.7 Å². The van der Waals surface area contributed by atoms with E-state index in [0.29, 0.717) is 51.3 Å². The van der Waals surface area contributed by atoms with Crippen molar-refractivity contribution in [1.29, 1.82) is 0 Å². The quantitative estimate of drug-likeness (QED) is 0.358. The van der Waals surface area contributed by atoms with Crippen molar-refractivity contribution in [2.24, 2.45) is 5.92 Å². The van der Waals surface area contributed by atoms with E-state index in [-0.39, 0.29) is 23.8 Å². The van der Waals surface area contributed by atoms with E-state index < -0.39 is 6.55 Å². The molecule has 5 rings (SSSR count). The summed E-state index contributed by atoms with van der Waals surface area (Å²) in [5, 5.41) is 0. The molecule has 0 spiro atoms. The number of carbonyl (C=O) groups is 1. The summed E-state index contributed by atoms with van der Waals surface area (Å²) in [6.45, 7) is 6.14. The molecule has 3 heterocycles. The fourth-order valence-corrected chi connectivity index (χ4v) is 6.51. The number of urea groups is 1. The van der Waals surface area contributed by atoms with E-state index >= 15 is 0 Å². The molecule has 2 aromatic carbocycles. The van der Waals surface area contributed by atoms with Gasteiger partial charge in [0.25, 0.3) is 0 Å². The zero-order valence-corrected chi connectivity index (χ0v) is 23.6. The number of benzene rings is 2. The summed E-state index contributed by atoms with van der Waals surface area (Å²) in [5.74, 6) is -0.180. The number of likely N-dealkylation sites (tertiary alicyclic amines) is 1. The minimum atomic E-state index is -2.59. The number of hydrogen-bond acceptors (Lipinski definition) is 3. The Morgan fingerprint density at radius 2 is 1.77 bits per heavy atom. The number of piperidine rings is 1. The first-order valence-corrected chi connectivity index (χ1v) is 14.4. The number of aryl methyl sites for hydroxylation is 1. The fraction of sp³-hybridized carbons (Fsp3) is 0.469. The summed E-state index contributed by atoms with van der Waals surface area (Å²) in [5.41, 5.74) is 5.69. The number of carbonyl (C=O) groups excluding carboxylic acids is 1. The van der Waals surface area contributed by atoms with Crippen molar-refractivity contribution in [3.63, 3.8) is 0 Å². The summed E-state index contributed by atoms with van der Waals surface area (Å²) >= 11 is 0. The zero-order chi connectivity index (χ0) is 28.4. The third-order valence-electron chi connectivity index (χ3n) is 8.81. The van der Waals surface area contributed by atoms with E-state index in [1.807, 2.05) is 41.8 Å². The molecule has 0 saturated carbocycles. The summed E-state index contributed by atoms with van der Waals surface area (Å²) in [6.07, 6.45) is 5.25. The van der Waals surface area contributed by atoms with Crippen LogP contribution in [-0.2, 0) is 0 Å². The molecule has 0 N–H and O–H groups in total. The summed E-state index contributed by atoms with van der Waals surface area (Å²) in [7, 11) is 0. The first-order chi connectivity index (χ1) is 19.3. The summed E-state index contributed by atoms with van der Waals surface area (Å²) < 4.78 is 42.4. The van der Waals surface area contributed by atoms with Gasteiger partial charge in [-0.2, -0.15) is 8.78 Å². The van der Waals surface area contributed by atoms with Gasteiger partial charge in [0, 0.05) is 54.9 Å². The lowest BCUT2D eigenvalue weighted by molar-refractivity contribution is 0.0988. The highest BCUT2D eigenvalue weighted by molar-refractivity contribution is 5.76. The number of amides is 2. The summed E-state index contributed by atoms with van der Waals surface area (Å²) in [4.78, 5) is 20.8. The Bertz CT molecular complexity index is 1280. The van der Waals surface area contributed by atoms with Gasteiger partial charge in [0.2, 0.25) is 0 Å². The number of rotatable bonds is 6. The zero-order valence-electron chi connectivity index (χ0n) is 23.6.